The minimum Gasteiger partial charge on any atom is -0.374 e. The molecule has 156 valence electrons. The average molecular weight is 434 g/mol. The third-order valence-corrected chi connectivity index (χ3v) is 6.27. The van der Waals surface area contributed by atoms with E-state index in [1.807, 2.05) is 25.1 Å². The zero-order chi connectivity index (χ0) is 20.9. The number of aryl methyl sites for hydroxylation is 1. The van der Waals surface area contributed by atoms with Crippen LogP contribution in [0.5, 0.6) is 0 Å². The maximum absolute atomic E-state index is 11.7. The summed E-state index contributed by atoms with van der Waals surface area (Å²) in [6.07, 6.45) is 0.754. The molecule has 0 radical (unpaired) electrons. The van der Waals surface area contributed by atoms with Gasteiger partial charge in [0.2, 0.25) is 10.0 Å². The van der Waals surface area contributed by atoms with E-state index in [0.29, 0.717) is 23.7 Å². The number of benzene rings is 2. The van der Waals surface area contributed by atoms with Crippen LogP contribution < -0.4 is 10.5 Å². The third-order valence-electron chi connectivity index (χ3n) is 5.00. The second-order valence-electron chi connectivity index (χ2n) is 7.14. The van der Waals surface area contributed by atoms with Crippen molar-refractivity contribution in [3.63, 3.8) is 0 Å². The van der Waals surface area contributed by atoms with E-state index >= 15 is 0 Å². The third kappa shape index (κ3) is 6.07. The van der Waals surface area contributed by atoms with Crippen LogP contribution in [-0.4, -0.2) is 50.7 Å². The van der Waals surface area contributed by atoms with Gasteiger partial charge in [-0.15, -0.1) is 0 Å². The van der Waals surface area contributed by atoms with Gasteiger partial charge in [0, 0.05) is 31.7 Å². The minimum atomic E-state index is -3.78. The van der Waals surface area contributed by atoms with E-state index in [-0.39, 0.29) is 11.0 Å². The van der Waals surface area contributed by atoms with Gasteiger partial charge < -0.3 is 10.1 Å². The summed E-state index contributed by atoms with van der Waals surface area (Å²) in [6, 6.07) is 15.2. The van der Waals surface area contributed by atoms with Crippen molar-refractivity contribution in [2.45, 2.75) is 30.9 Å². The van der Waals surface area contributed by atoms with Crippen LogP contribution in [0.4, 0.5) is 0 Å². The summed E-state index contributed by atoms with van der Waals surface area (Å²) < 4.78 is 29.3. The van der Waals surface area contributed by atoms with Gasteiger partial charge in [0.05, 0.1) is 17.6 Å². The Balaban J connectivity index is 1.61. The number of nitrogens with one attached hydrogen (secondary N) is 1. The van der Waals surface area contributed by atoms with Crippen molar-refractivity contribution in [1.29, 1.82) is 0 Å². The molecule has 0 spiro atoms. The Morgan fingerprint density at radius 2 is 2.03 bits per heavy atom. The first-order valence-electron chi connectivity index (χ1n) is 9.68. The molecule has 3 rings (SSSR count). The van der Waals surface area contributed by atoms with Gasteiger partial charge in [-0.2, -0.15) is 0 Å². The first-order valence-corrected chi connectivity index (χ1v) is 11.6. The van der Waals surface area contributed by atoms with Crippen LogP contribution in [0, 0.1) is 0 Å². The van der Waals surface area contributed by atoms with Crippen LogP contribution in [0.2, 0.25) is 0 Å². The number of nitrogens with zero attached hydrogens (tertiary/aromatic N) is 1. The van der Waals surface area contributed by atoms with Crippen molar-refractivity contribution >= 4 is 27.2 Å². The van der Waals surface area contributed by atoms with Crippen molar-refractivity contribution in [3.05, 3.63) is 65.2 Å². The average Bonchev–Trinajstić information content (AvgIpc) is 2.72. The molecule has 0 amide bonds. The van der Waals surface area contributed by atoms with Crippen LogP contribution in [0.15, 0.2) is 53.4 Å². The molecule has 1 aliphatic rings. The zero-order valence-electron chi connectivity index (χ0n) is 16.5. The van der Waals surface area contributed by atoms with Crippen molar-refractivity contribution in [3.8, 4) is 0 Å². The number of sulfonamides is 1. The highest BCUT2D eigenvalue weighted by molar-refractivity contribution is 7.89. The Labute approximate surface area is 178 Å². The molecule has 1 saturated heterocycles. The van der Waals surface area contributed by atoms with Crippen LogP contribution in [-0.2, 0) is 27.7 Å². The van der Waals surface area contributed by atoms with Crippen molar-refractivity contribution in [2.24, 2.45) is 5.14 Å². The largest absolute Gasteiger partial charge is 0.374 e. The second-order valence-corrected chi connectivity index (χ2v) is 9.11. The second kappa shape index (κ2) is 9.77. The molecule has 1 heterocycles. The molecule has 8 heteroatoms. The van der Waals surface area contributed by atoms with Gasteiger partial charge in [0.15, 0.2) is 0 Å². The van der Waals surface area contributed by atoms with Crippen molar-refractivity contribution in [1.82, 2.24) is 10.2 Å². The number of thiocarbonyl (C=S) groups is 1. The molecule has 1 unspecified atom stereocenters. The fourth-order valence-corrected chi connectivity index (χ4v) is 4.26. The minimum absolute atomic E-state index is 0.0110. The van der Waals surface area contributed by atoms with Gasteiger partial charge in [-0.3, -0.25) is 4.90 Å². The Kier molecular flexibility index (Phi) is 7.37. The molecule has 2 aromatic carbocycles. The van der Waals surface area contributed by atoms with E-state index in [1.54, 1.807) is 12.1 Å². The summed E-state index contributed by atoms with van der Waals surface area (Å²) in [6.45, 7) is 5.83. The van der Waals surface area contributed by atoms with Gasteiger partial charge in [-0.25, -0.2) is 13.6 Å². The lowest BCUT2D eigenvalue weighted by atomic mass is 10.1. The number of hydrogen-bond acceptors (Lipinski definition) is 5. The number of nitrogens with two attached hydrogens (primary N) is 1. The molecular formula is C21H27N3O3S2. The van der Waals surface area contributed by atoms with Crippen LogP contribution in [0.1, 0.15) is 23.6 Å². The van der Waals surface area contributed by atoms with Gasteiger partial charge in [-0.05, 0) is 29.7 Å². The van der Waals surface area contributed by atoms with E-state index in [0.717, 1.165) is 31.6 Å². The molecule has 2 aromatic rings. The van der Waals surface area contributed by atoms with E-state index in [4.69, 9.17) is 22.1 Å². The lowest BCUT2D eigenvalue weighted by molar-refractivity contribution is -0.0279. The highest BCUT2D eigenvalue weighted by Crippen LogP contribution is 2.17. The Bertz CT molecular complexity index is 949. The summed E-state index contributed by atoms with van der Waals surface area (Å²) in [7, 11) is -3.78. The number of hydrogen-bond donors (Lipinski definition) is 2. The smallest absolute Gasteiger partial charge is 0.238 e. The van der Waals surface area contributed by atoms with Crippen LogP contribution in [0.3, 0.4) is 0 Å². The summed E-state index contributed by atoms with van der Waals surface area (Å²) in [5, 5.41) is 8.52. The lowest BCUT2D eigenvalue weighted by Crippen LogP contribution is -2.47. The predicted molar refractivity (Wildman–Crippen MR) is 118 cm³/mol. The van der Waals surface area contributed by atoms with E-state index < -0.39 is 10.0 Å². The van der Waals surface area contributed by atoms with Crippen molar-refractivity contribution < 1.29 is 13.2 Å². The molecular weight excluding hydrogens is 406 g/mol. The van der Waals surface area contributed by atoms with Gasteiger partial charge >= 0.3 is 0 Å². The molecule has 6 nitrogen and oxygen atoms in total. The Morgan fingerprint density at radius 1 is 1.28 bits per heavy atom. The van der Waals surface area contributed by atoms with E-state index in [9.17, 15) is 8.42 Å². The molecule has 0 saturated carbocycles. The highest BCUT2D eigenvalue weighted by atomic mass is 32.2. The van der Waals surface area contributed by atoms with Gasteiger partial charge in [0.1, 0.15) is 4.99 Å². The number of morpholine rings is 1. The van der Waals surface area contributed by atoms with E-state index in [2.05, 4.69) is 22.3 Å². The molecule has 1 atom stereocenters. The first-order chi connectivity index (χ1) is 13.9. The summed E-state index contributed by atoms with van der Waals surface area (Å²) in [5.41, 5.74) is 2.96. The standard InChI is InChI=1S/C21H27N3O3S2/c1-2-17-8-9-19(29(22,25)26)12-20(17)21(28)23-13-18-15-24(10-11-27-18)14-16-6-4-3-5-7-16/h3-9,12,18H,2,10-11,13-15H2,1H3,(H,23,28)(H2,22,25,26). The Hall–Kier alpha value is -1.84. The maximum Gasteiger partial charge on any atom is 0.238 e. The topological polar surface area (TPSA) is 84.7 Å². The molecule has 0 aromatic heterocycles. The monoisotopic (exact) mass is 433 g/mol. The summed E-state index contributed by atoms with van der Waals surface area (Å²) in [5.74, 6) is 0. The maximum atomic E-state index is 11.7. The fraction of sp³-hybridized carbons (Fsp3) is 0.381. The Morgan fingerprint density at radius 3 is 2.72 bits per heavy atom. The first kappa shape index (κ1) is 21.9. The SMILES string of the molecule is CCc1ccc(S(N)(=O)=O)cc1C(=S)NCC1CN(Cc2ccccc2)CCO1. The predicted octanol–water partition coefficient (Wildman–Crippen LogP) is 2.06. The highest BCUT2D eigenvalue weighted by Gasteiger charge is 2.21. The quantitative estimate of drug-likeness (QED) is 0.651. The lowest BCUT2D eigenvalue weighted by Gasteiger charge is -2.33. The molecule has 0 aliphatic carbocycles. The fourth-order valence-electron chi connectivity index (χ4n) is 3.44. The van der Waals surface area contributed by atoms with Crippen molar-refractivity contribution in [2.75, 3.05) is 26.2 Å². The van der Waals surface area contributed by atoms with Gasteiger partial charge in [0.25, 0.3) is 0 Å². The molecule has 1 aliphatic heterocycles. The van der Waals surface area contributed by atoms with Crippen LogP contribution in [0.25, 0.3) is 0 Å². The van der Waals surface area contributed by atoms with Gasteiger partial charge in [-0.1, -0.05) is 55.5 Å². The number of ether oxygens (including phenoxy) is 1. The summed E-state index contributed by atoms with van der Waals surface area (Å²) in [4.78, 5) is 2.95. The molecule has 0 bridgehead atoms. The number of primary sulfonamides is 1. The molecule has 29 heavy (non-hydrogen) atoms. The number of rotatable bonds is 7. The molecule has 3 N–H and O–H groups in total. The zero-order valence-corrected chi connectivity index (χ0v) is 18.1. The molecule has 1 fully saturated rings. The van der Waals surface area contributed by atoms with Crippen LogP contribution >= 0.6 is 12.2 Å². The van der Waals surface area contributed by atoms with E-state index in [1.165, 1.54) is 11.6 Å². The summed E-state index contributed by atoms with van der Waals surface area (Å²) >= 11 is 5.54. The normalized spacial score (nSPS) is 17.8.